The predicted molar refractivity (Wildman–Crippen MR) is 68.5 cm³/mol. The molecule has 4 heteroatoms. The van der Waals surface area contributed by atoms with Crippen molar-refractivity contribution in [1.82, 2.24) is 4.90 Å². The van der Waals surface area contributed by atoms with Gasteiger partial charge >= 0.3 is 5.97 Å². The molecule has 92 valence electrons. The van der Waals surface area contributed by atoms with Crippen molar-refractivity contribution in [2.45, 2.75) is 45.3 Å². The molecule has 1 saturated heterocycles. The lowest BCUT2D eigenvalue weighted by atomic mass is 10.1. The maximum absolute atomic E-state index is 11.9. The fourth-order valence-electron chi connectivity index (χ4n) is 1.87. The summed E-state index contributed by atoms with van der Waals surface area (Å²) in [5.74, 6) is -0.112. The number of carbonyl (C=O) groups is 1. The van der Waals surface area contributed by atoms with E-state index in [1.807, 2.05) is 20.8 Å². The third-order valence-corrected chi connectivity index (χ3v) is 2.67. The molecule has 0 radical (unpaired) electrons. The molecule has 0 aromatic carbocycles. The Kier molecular flexibility index (Phi) is 4.56. The Balaban J connectivity index is 2.57. The molecule has 0 saturated carbocycles. The summed E-state index contributed by atoms with van der Waals surface area (Å²) in [7, 11) is 0. The molecule has 1 rings (SSSR count). The lowest BCUT2D eigenvalue weighted by Gasteiger charge is -2.27. The average Bonchev–Trinajstić information content (AvgIpc) is 2.47. The molecule has 0 spiro atoms. The lowest BCUT2D eigenvalue weighted by Crippen LogP contribution is -2.40. The maximum Gasteiger partial charge on any atom is 0.323 e. The van der Waals surface area contributed by atoms with Crippen LogP contribution in [0.4, 0.5) is 0 Å². The summed E-state index contributed by atoms with van der Waals surface area (Å²) in [4.78, 5) is 14.1. The van der Waals surface area contributed by atoms with Crippen LogP contribution in [0.3, 0.4) is 0 Å². The van der Waals surface area contributed by atoms with Crippen LogP contribution in [-0.4, -0.2) is 35.6 Å². The second kappa shape index (κ2) is 5.32. The largest absolute Gasteiger partial charge is 0.459 e. The van der Waals surface area contributed by atoms with E-state index in [-0.39, 0.29) is 12.0 Å². The van der Waals surface area contributed by atoms with Gasteiger partial charge in [-0.05, 0) is 40.2 Å². The van der Waals surface area contributed by atoms with Gasteiger partial charge in [-0.3, -0.25) is 9.69 Å². The summed E-state index contributed by atoms with van der Waals surface area (Å²) in [6.07, 6.45) is 1.93. The molecule has 1 atom stereocenters. The number of likely N-dealkylation sites (tertiary alicyclic amines) is 1. The molecule has 0 aromatic rings. The van der Waals surface area contributed by atoms with Gasteiger partial charge in [-0.2, -0.15) is 0 Å². The van der Waals surface area contributed by atoms with Crippen molar-refractivity contribution in [3.63, 3.8) is 0 Å². The van der Waals surface area contributed by atoms with Crippen LogP contribution in [0.5, 0.6) is 0 Å². The van der Waals surface area contributed by atoms with E-state index in [1.54, 1.807) is 0 Å². The van der Waals surface area contributed by atoms with Gasteiger partial charge in [0.2, 0.25) is 0 Å². The zero-order valence-electron chi connectivity index (χ0n) is 10.3. The SMILES string of the molecule is C=C(Br)CN1CCC[C@@H]1C(=O)OC(C)(C)C. The Bertz CT molecular complexity index is 283. The van der Waals surface area contributed by atoms with E-state index in [2.05, 4.69) is 27.4 Å². The van der Waals surface area contributed by atoms with Crippen molar-refractivity contribution < 1.29 is 9.53 Å². The highest BCUT2D eigenvalue weighted by Crippen LogP contribution is 2.22. The number of halogens is 1. The molecular formula is C12H20BrNO2. The molecule has 1 fully saturated rings. The summed E-state index contributed by atoms with van der Waals surface area (Å²) >= 11 is 3.33. The van der Waals surface area contributed by atoms with Crippen molar-refractivity contribution in [2.75, 3.05) is 13.1 Å². The minimum atomic E-state index is -0.406. The highest BCUT2D eigenvalue weighted by atomic mass is 79.9. The van der Waals surface area contributed by atoms with Crippen molar-refractivity contribution >= 4 is 21.9 Å². The van der Waals surface area contributed by atoms with Crippen molar-refractivity contribution in [2.24, 2.45) is 0 Å². The summed E-state index contributed by atoms with van der Waals surface area (Å²) < 4.78 is 6.31. The topological polar surface area (TPSA) is 29.5 Å². The van der Waals surface area contributed by atoms with Crippen LogP contribution in [0.25, 0.3) is 0 Å². The van der Waals surface area contributed by atoms with E-state index in [0.29, 0.717) is 6.54 Å². The Morgan fingerprint density at radius 1 is 1.56 bits per heavy atom. The molecule has 1 aliphatic heterocycles. The third kappa shape index (κ3) is 4.26. The van der Waals surface area contributed by atoms with Crippen LogP contribution in [-0.2, 0) is 9.53 Å². The molecule has 0 unspecified atom stereocenters. The van der Waals surface area contributed by atoms with Crippen molar-refractivity contribution in [1.29, 1.82) is 0 Å². The van der Waals surface area contributed by atoms with Gasteiger partial charge in [-0.25, -0.2) is 0 Å². The number of rotatable bonds is 3. The fraction of sp³-hybridized carbons (Fsp3) is 0.750. The zero-order valence-corrected chi connectivity index (χ0v) is 11.8. The number of hydrogen-bond donors (Lipinski definition) is 0. The van der Waals surface area contributed by atoms with Crippen LogP contribution in [0.15, 0.2) is 11.1 Å². The first kappa shape index (κ1) is 13.7. The van der Waals surface area contributed by atoms with E-state index < -0.39 is 5.60 Å². The molecule has 1 aliphatic rings. The highest BCUT2D eigenvalue weighted by molar-refractivity contribution is 9.11. The van der Waals surface area contributed by atoms with Gasteiger partial charge in [0, 0.05) is 11.0 Å². The van der Waals surface area contributed by atoms with Gasteiger partial charge in [0.05, 0.1) is 0 Å². The first-order valence-electron chi connectivity index (χ1n) is 5.60. The number of hydrogen-bond acceptors (Lipinski definition) is 3. The quantitative estimate of drug-likeness (QED) is 0.748. The maximum atomic E-state index is 11.9. The highest BCUT2D eigenvalue weighted by Gasteiger charge is 2.33. The number of esters is 1. The fourth-order valence-corrected chi connectivity index (χ4v) is 2.19. The molecule has 0 aromatic heterocycles. The summed E-state index contributed by atoms with van der Waals surface area (Å²) in [6, 6.07) is -0.103. The minimum Gasteiger partial charge on any atom is -0.459 e. The molecule has 3 nitrogen and oxygen atoms in total. The van der Waals surface area contributed by atoms with Gasteiger partial charge in [0.25, 0.3) is 0 Å². The van der Waals surface area contributed by atoms with Gasteiger partial charge in [0.1, 0.15) is 11.6 Å². The molecule has 0 N–H and O–H groups in total. The van der Waals surface area contributed by atoms with Gasteiger partial charge in [-0.15, -0.1) is 0 Å². The Morgan fingerprint density at radius 2 is 2.19 bits per heavy atom. The van der Waals surface area contributed by atoms with Crippen molar-refractivity contribution in [3.05, 3.63) is 11.1 Å². The number of ether oxygens (including phenoxy) is 1. The predicted octanol–water partition coefficient (Wildman–Crippen LogP) is 2.70. The number of nitrogens with zero attached hydrogens (tertiary/aromatic N) is 1. The summed E-state index contributed by atoms with van der Waals surface area (Å²) in [5, 5.41) is 0. The summed E-state index contributed by atoms with van der Waals surface area (Å²) in [6.45, 7) is 11.2. The van der Waals surface area contributed by atoms with E-state index in [9.17, 15) is 4.79 Å². The lowest BCUT2D eigenvalue weighted by molar-refractivity contribution is -0.160. The minimum absolute atomic E-state index is 0.103. The molecule has 0 bridgehead atoms. The Morgan fingerprint density at radius 3 is 2.69 bits per heavy atom. The average molecular weight is 290 g/mol. The van der Waals surface area contributed by atoms with Crippen LogP contribution in [0.2, 0.25) is 0 Å². The Hall–Kier alpha value is -0.350. The van der Waals surface area contributed by atoms with Gasteiger partial charge < -0.3 is 4.74 Å². The third-order valence-electron chi connectivity index (χ3n) is 2.42. The first-order valence-corrected chi connectivity index (χ1v) is 6.39. The molecule has 16 heavy (non-hydrogen) atoms. The van der Waals surface area contributed by atoms with Crippen LogP contribution in [0, 0.1) is 0 Å². The van der Waals surface area contributed by atoms with E-state index in [0.717, 1.165) is 23.9 Å². The Labute approximate surface area is 106 Å². The van der Waals surface area contributed by atoms with Crippen LogP contribution in [0.1, 0.15) is 33.6 Å². The smallest absolute Gasteiger partial charge is 0.323 e. The molecule has 0 aliphatic carbocycles. The first-order chi connectivity index (χ1) is 7.29. The van der Waals surface area contributed by atoms with Gasteiger partial charge in [-0.1, -0.05) is 22.5 Å². The molecule has 1 heterocycles. The second-order valence-electron chi connectivity index (χ2n) is 5.18. The van der Waals surface area contributed by atoms with Gasteiger partial charge in [0.15, 0.2) is 0 Å². The molecule has 0 amide bonds. The number of carbonyl (C=O) groups excluding carboxylic acids is 1. The summed E-state index contributed by atoms with van der Waals surface area (Å²) in [5.41, 5.74) is -0.406. The van der Waals surface area contributed by atoms with Crippen molar-refractivity contribution in [3.8, 4) is 0 Å². The zero-order chi connectivity index (χ0) is 12.3. The molecular weight excluding hydrogens is 270 g/mol. The van der Waals surface area contributed by atoms with Crippen LogP contribution < -0.4 is 0 Å². The van der Waals surface area contributed by atoms with E-state index >= 15 is 0 Å². The van der Waals surface area contributed by atoms with E-state index in [4.69, 9.17) is 4.74 Å². The van der Waals surface area contributed by atoms with Crippen LogP contribution >= 0.6 is 15.9 Å². The normalized spacial score (nSPS) is 22.1. The van der Waals surface area contributed by atoms with E-state index in [1.165, 1.54) is 0 Å². The monoisotopic (exact) mass is 289 g/mol. The standard InChI is InChI=1S/C12H20BrNO2/c1-9(13)8-14-7-5-6-10(14)11(15)16-12(2,3)4/h10H,1,5-8H2,2-4H3/t10-/m1/s1. The second-order valence-corrected chi connectivity index (χ2v) is 6.30.